The van der Waals surface area contributed by atoms with E-state index in [-0.39, 0.29) is 5.91 Å². The number of nitrogens with one attached hydrogen (secondary N) is 1. The van der Waals surface area contributed by atoms with Gasteiger partial charge < -0.3 is 14.8 Å². The second kappa shape index (κ2) is 9.94. The van der Waals surface area contributed by atoms with Crippen molar-refractivity contribution in [1.29, 1.82) is 0 Å². The van der Waals surface area contributed by atoms with Crippen molar-refractivity contribution >= 4 is 46.2 Å². The standard InChI is InChI=1S/C25H21ClN2O3S/c1-16-3-10-20(11-4-16)27-25-28-24(29)23(32-25)14-18-7-12-21(22(13-18)30-2)31-15-17-5-8-19(26)9-6-17/h3-14H,15H2,1-2H3,(H,27,28,29). The summed E-state index contributed by atoms with van der Waals surface area (Å²) in [6.07, 6.45) is 1.81. The minimum atomic E-state index is -0.178. The van der Waals surface area contributed by atoms with Crippen LogP contribution in [0, 0.1) is 6.92 Å². The lowest BCUT2D eigenvalue weighted by Crippen LogP contribution is -2.19. The summed E-state index contributed by atoms with van der Waals surface area (Å²) in [6.45, 7) is 2.41. The summed E-state index contributed by atoms with van der Waals surface area (Å²) in [6, 6.07) is 20.9. The van der Waals surface area contributed by atoms with Gasteiger partial charge >= 0.3 is 0 Å². The molecular weight excluding hydrogens is 444 g/mol. The number of aryl methyl sites for hydroxylation is 1. The molecule has 0 saturated carbocycles. The van der Waals surface area contributed by atoms with E-state index in [4.69, 9.17) is 21.1 Å². The van der Waals surface area contributed by atoms with Crippen LogP contribution in [-0.2, 0) is 11.4 Å². The smallest absolute Gasteiger partial charge is 0.264 e. The molecule has 3 aromatic rings. The molecule has 1 aliphatic rings. The van der Waals surface area contributed by atoms with Crippen LogP contribution in [0.4, 0.5) is 5.69 Å². The number of amidine groups is 1. The van der Waals surface area contributed by atoms with Crippen LogP contribution in [0.5, 0.6) is 11.5 Å². The lowest BCUT2D eigenvalue weighted by atomic mass is 10.2. The molecule has 3 aromatic carbocycles. The zero-order chi connectivity index (χ0) is 22.5. The number of benzene rings is 3. The molecule has 4 rings (SSSR count). The Kier molecular flexibility index (Phi) is 6.83. The zero-order valence-corrected chi connectivity index (χ0v) is 19.2. The van der Waals surface area contributed by atoms with Crippen molar-refractivity contribution in [1.82, 2.24) is 5.32 Å². The summed E-state index contributed by atoms with van der Waals surface area (Å²) in [7, 11) is 1.59. The van der Waals surface area contributed by atoms with Gasteiger partial charge in [0.1, 0.15) is 6.61 Å². The Morgan fingerprint density at radius 1 is 1.03 bits per heavy atom. The number of hydrogen-bond acceptors (Lipinski definition) is 5. The molecule has 0 unspecified atom stereocenters. The number of halogens is 1. The molecule has 0 aliphatic carbocycles. The Morgan fingerprint density at radius 3 is 2.50 bits per heavy atom. The normalized spacial score (nSPS) is 15.8. The first kappa shape index (κ1) is 22.0. The highest BCUT2D eigenvalue weighted by molar-refractivity contribution is 8.18. The van der Waals surface area contributed by atoms with Gasteiger partial charge in [-0.15, -0.1) is 0 Å². The SMILES string of the molecule is COc1cc(C=C2SC(=Nc3ccc(C)cc3)NC2=O)ccc1OCc1ccc(Cl)cc1. The van der Waals surface area contributed by atoms with E-state index in [1.165, 1.54) is 11.8 Å². The molecule has 1 saturated heterocycles. The largest absolute Gasteiger partial charge is 0.493 e. The van der Waals surface area contributed by atoms with Crippen molar-refractivity contribution in [3.8, 4) is 11.5 Å². The maximum absolute atomic E-state index is 12.4. The van der Waals surface area contributed by atoms with Crippen molar-refractivity contribution < 1.29 is 14.3 Å². The fraction of sp³-hybridized carbons (Fsp3) is 0.120. The number of carbonyl (C=O) groups is 1. The highest BCUT2D eigenvalue weighted by Crippen LogP contribution is 2.32. The highest BCUT2D eigenvalue weighted by atomic mass is 35.5. The van der Waals surface area contributed by atoms with E-state index in [1.807, 2.05) is 79.7 Å². The maximum Gasteiger partial charge on any atom is 0.264 e. The van der Waals surface area contributed by atoms with Crippen molar-refractivity contribution in [2.45, 2.75) is 13.5 Å². The van der Waals surface area contributed by atoms with Gasteiger partial charge in [-0.25, -0.2) is 4.99 Å². The number of rotatable bonds is 6. The van der Waals surface area contributed by atoms with Crippen molar-refractivity contribution in [3.05, 3.63) is 93.3 Å². The van der Waals surface area contributed by atoms with Crippen LogP contribution in [0.25, 0.3) is 6.08 Å². The number of thioether (sulfide) groups is 1. The molecule has 1 aliphatic heterocycles. The Bertz CT molecular complexity index is 1190. The van der Waals surface area contributed by atoms with Gasteiger partial charge in [0.15, 0.2) is 16.7 Å². The summed E-state index contributed by atoms with van der Waals surface area (Å²) in [4.78, 5) is 17.5. The predicted molar refractivity (Wildman–Crippen MR) is 131 cm³/mol. The molecule has 0 aromatic heterocycles. The average molecular weight is 465 g/mol. The molecule has 162 valence electrons. The third-order valence-corrected chi connectivity index (χ3v) is 5.87. The van der Waals surface area contributed by atoms with E-state index in [2.05, 4.69) is 10.3 Å². The second-order valence-corrected chi connectivity index (χ2v) is 8.61. The molecule has 1 fully saturated rings. The fourth-order valence-corrected chi connectivity index (χ4v) is 3.97. The Morgan fingerprint density at radius 2 is 1.78 bits per heavy atom. The average Bonchev–Trinajstić information content (AvgIpc) is 3.13. The first-order chi connectivity index (χ1) is 15.5. The summed E-state index contributed by atoms with van der Waals surface area (Å²) >= 11 is 7.23. The molecule has 1 heterocycles. The van der Waals surface area contributed by atoms with Crippen LogP contribution in [0.1, 0.15) is 16.7 Å². The molecule has 5 nitrogen and oxygen atoms in total. The lowest BCUT2D eigenvalue weighted by molar-refractivity contribution is -0.115. The molecule has 0 radical (unpaired) electrons. The topological polar surface area (TPSA) is 59.9 Å². The minimum absolute atomic E-state index is 0.178. The zero-order valence-electron chi connectivity index (χ0n) is 17.6. The van der Waals surface area contributed by atoms with Gasteiger partial charge in [0.25, 0.3) is 5.91 Å². The van der Waals surface area contributed by atoms with Crippen molar-refractivity contribution in [2.75, 3.05) is 7.11 Å². The van der Waals surface area contributed by atoms with Gasteiger partial charge in [0.2, 0.25) is 0 Å². The van der Waals surface area contributed by atoms with Crippen LogP contribution in [-0.4, -0.2) is 18.2 Å². The summed E-state index contributed by atoms with van der Waals surface area (Å²) in [5, 5.41) is 4.05. The predicted octanol–water partition coefficient (Wildman–Crippen LogP) is 6.13. The number of nitrogens with zero attached hydrogens (tertiary/aromatic N) is 1. The molecule has 1 N–H and O–H groups in total. The lowest BCUT2D eigenvalue weighted by Gasteiger charge is -2.11. The van der Waals surface area contributed by atoms with E-state index in [0.717, 1.165) is 22.4 Å². The summed E-state index contributed by atoms with van der Waals surface area (Å²) < 4.78 is 11.4. The van der Waals surface area contributed by atoms with E-state index < -0.39 is 0 Å². The molecule has 7 heteroatoms. The fourth-order valence-electron chi connectivity index (χ4n) is 3.00. The van der Waals surface area contributed by atoms with Gasteiger partial charge in [0, 0.05) is 5.02 Å². The van der Waals surface area contributed by atoms with Gasteiger partial charge in [0.05, 0.1) is 17.7 Å². The number of hydrogen-bond donors (Lipinski definition) is 1. The first-order valence-corrected chi connectivity index (χ1v) is 11.1. The molecule has 0 atom stereocenters. The molecular formula is C25H21ClN2O3S. The van der Waals surface area contributed by atoms with Gasteiger partial charge in [-0.1, -0.05) is 47.5 Å². The minimum Gasteiger partial charge on any atom is -0.493 e. The molecule has 0 spiro atoms. The van der Waals surface area contributed by atoms with E-state index in [1.54, 1.807) is 7.11 Å². The first-order valence-electron chi connectivity index (χ1n) is 9.92. The third kappa shape index (κ3) is 5.52. The van der Waals surface area contributed by atoms with Crippen LogP contribution in [0.2, 0.25) is 5.02 Å². The van der Waals surface area contributed by atoms with E-state index >= 15 is 0 Å². The number of methoxy groups -OCH3 is 1. The molecule has 0 bridgehead atoms. The van der Waals surface area contributed by atoms with Crippen LogP contribution >= 0.6 is 23.4 Å². The van der Waals surface area contributed by atoms with Crippen LogP contribution < -0.4 is 14.8 Å². The number of ether oxygens (including phenoxy) is 2. The molecule has 1 amide bonds. The summed E-state index contributed by atoms with van der Waals surface area (Å²) in [5.74, 6) is 1.03. The van der Waals surface area contributed by atoms with Gasteiger partial charge in [-0.3, -0.25) is 4.79 Å². The van der Waals surface area contributed by atoms with Crippen LogP contribution in [0.3, 0.4) is 0 Å². The highest BCUT2D eigenvalue weighted by Gasteiger charge is 2.24. The van der Waals surface area contributed by atoms with E-state index in [9.17, 15) is 4.79 Å². The second-order valence-electron chi connectivity index (χ2n) is 7.14. The quantitative estimate of drug-likeness (QED) is 0.446. The van der Waals surface area contributed by atoms with Crippen molar-refractivity contribution in [2.24, 2.45) is 4.99 Å². The maximum atomic E-state index is 12.4. The molecule has 32 heavy (non-hydrogen) atoms. The monoisotopic (exact) mass is 464 g/mol. The third-order valence-electron chi connectivity index (χ3n) is 4.71. The Balaban J connectivity index is 1.47. The number of carbonyl (C=O) groups excluding carboxylic acids is 1. The number of amides is 1. The Hall–Kier alpha value is -3.22. The van der Waals surface area contributed by atoms with Crippen LogP contribution in [0.15, 0.2) is 76.6 Å². The van der Waals surface area contributed by atoms with E-state index in [0.29, 0.717) is 33.2 Å². The summed E-state index contributed by atoms with van der Waals surface area (Å²) in [5.41, 5.74) is 3.78. The Labute approximate surface area is 196 Å². The van der Waals surface area contributed by atoms with Gasteiger partial charge in [-0.2, -0.15) is 0 Å². The van der Waals surface area contributed by atoms with Gasteiger partial charge in [-0.05, 0) is 72.3 Å². The number of aliphatic imine (C=N–C) groups is 1. The van der Waals surface area contributed by atoms with Crippen molar-refractivity contribution in [3.63, 3.8) is 0 Å².